The Kier molecular flexibility index (Phi) is 8.94. The molecule has 1 amide bonds. The molecule has 0 saturated heterocycles. The summed E-state index contributed by atoms with van der Waals surface area (Å²) in [7, 11) is 0. The number of hydrogen-bond donors (Lipinski definition) is 0. The molecule has 0 aromatic heterocycles. The van der Waals surface area contributed by atoms with Gasteiger partial charge in [-0.2, -0.15) is 0 Å². The molecule has 0 aromatic carbocycles. The maximum Gasteiger partial charge on any atom is 0.0542 e. The van der Waals surface area contributed by atoms with Crippen molar-refractivity contribution in [1.29, 1.82) is 0 Å². The van der Waals surface area contributed by atoms with Crippen LogP contribution in [0.3, 0.4) is 0 Å². The van der Waals surface area contributed by atoms with E-state index < -0.39 is 0 Å². The molecule has 2 nitrogen and oxygen atoms in total. The molecule has 0 aliphatic carbocycles. The maximum absolute atomic E-state index is 11.2. The smallest absolute Gasteiger partial charge is 0.0542 e. The molecular formula is C12H20NOW-. The van der Waals surface area contributed by atoms with Gasteiger partial charge in [-0.25, -0.2) is 0 Å². The van der Waals surface area contributed by atoms with Crippen LogP contribution in [-0.2, 0) is 25.9 Å². The van der Waals surface area contributed by atoms with Crippen molar-refractivity contribution in [3.05, 3.63) is 27.7 Å². The Hall–Kier alpha value is -0.362. The number of rotatable bonds is 3. The molecule has 15 heavy (non-hydrogen) atoms. The number of carbonyl (C=O) groups excluding carboxylic acids is 1. The van der Waals surface area contributed by atoms with Gasteiger partial charge in [0.25, 0.3) is 0 Å². The van der Waals surface area contributed by atoms with Crippen LogP contribution >= 0.6 is 0 Å². The van der Waals surface area contributed by atoms with Crippen LogP contribution in [0, 0.1) is 0 Å². The molecule has 0 N–H and O–H groups in total. The summed E-state index contributed by atoms with van der Waals surface area (Å²) in [6.45, 7) is 11.9. The van der Waals surface area contributed by atoms with Gasteiger partial charge in [0.15, 0.2) is 0 Å². The van der Waals surface area contributed by atoms with Crippen molar-refractivity contribution in [3.63, 3.8) is 0 Å². The molecule has 0 rings (SSSR count). The Morgan fingerprint density at radius 2 is 1.47 bits per heavy atom. The van der Waals surface area contributed by atoms with Crippen LogP contribution in [0.4, 0.5) is 0 Å². The van der Waals surface area contributed by atoms with Gasteiger partial charge in [-0.15, -0.1) is 5.70 Å². The molecule has 0 aliphatic heterocycles. The predicted molar refractivity (Wildman–Crippen MR) is 61.1 cm³/mol. The fourth-order valence-corrected chi connectivity index (χ4v) is 1.01. The first-order valence-electron chi connectivity index (χ1n) is 4.96. The van der Waals surface area contributed by atoms with Gasteiger partial charge >= 0.3 is 0 Å². The molecule has 0 bridgehead atoms. The van der Waals surface area contributed by atoms with Crippen LogP contribution < -0.4 is 0 Å². The van der Waals surface area contributed by atoms with E-state index in [1.165, 1.54) is 5.57 Å². The summed E-state index contributed by atoms with van der Waals surface area (Å²) in [6, 6.07) is 0. The quantitative estimate of drug-likeness (QED) is 0.685. The normalized spacial score (nSPS) is 8.67. The molecule has 0 saturated carbocycles. The van der Waals surface area contributed by atoms with Gasteiger partial charge in [-0.1, -0.05) is 23.6 Å². The summed E-state index contributed by atoms with van der Waals surface area (Å²) >= 11 is 0. The second-order valence-corrected chi connectivity index (χ2v) is 3.83. The SMILES string of the molecule is CCC(=O)[N-]C(=C(C)C)C(C)=C(C)C.[W]. The van der Waals surface area contributed by atoms with Crippen molar-refractivity contribution in [2.45, 2.75) is 48.0 Å². The molecule has 0 fully saturated rings. The summed E-state index contributed by atoms with van der Waals surface area (Å²) < 4.78 is 0. The van der Waals surface area contributed by atoms with Crippen molar-refractivity contribution in [2.75, 3.05) is 0 Å². The van der Waals surface area contributed by atoms with E-state index in [-0.39, 0.29) is 27.0 Å². The average Bonchev–Trinajstić information content (AvgIpc) is 2.11. The number of carbonyl (C=O) groups is 1. The minimum atomic E-state index is -0.0539. The number of hydrogen-bond acceptors (Lipinski definition) is 1. The van der Waals surface area contributed by atoms with E-state index in [2.05, 4.69) is 5.32 Å². The van der Waals surface area contributed by atoms with E-state index in [4.69, 9.17) is 0 Å². The molecule has 0 radical (unpaired) electrons. The zero-order valence-corrected chi connectivity index (χ0v) is 13.4. The van der Waals surface area contributed by atoms with Gasteiger partial charge in [0.2, 0.25) is 0 Å². The van der Waals surface area contributed by atoms with Crippen LogP contribution in [0.5, 0.6) is 0 Å². The molecule has 0 atom stereocenters. The first-order chi connectivity index (χ1) is 6.40. The van der Waals surface area contributed by atoms with E-state index in [0.29, 0.717) is 6.42 Å². The van der Waals surface area contributed by atoms with Crippen molar-refractivity contribution in [3.8, 4) is 0 Å². The fourth-order valence-electron chi connectivity index (χ4n) is 1.01. The molecule has 0 aromatic rings. The van der Waals surface area contributed by atoms with Crippen LogP contribution in [-0.4, -0.2) is 5.91 Å². The first kappa shape index (κ1) is 17.0. The number of nitrogens with zero attached hydrogens (tertiary/aromatic N) is 1. The van der Waals surface area contributed by atoms with Crippen LogP contribution in [0.15, 0.2) is 22.4 Å². The Morgan fingerprint density at radius 1 is 1.00 bits per heavy atom. The summed E-state index contributed by atoms with van der Waals surface area (Å²) in [4.78, 5) is 11.2. The van der Waals surface area contributed by atoms with Gasteiger partial charge in [0.05, 0.1) is 5.91 Å². The second-order valence-electron chi connectivity index (χ2n) is 3.83. The van der Waals surface area contributed by atoms with Crippen molar-refractivity contribution < 1.29 is 25.9 Å². The van der Waals surface area contributed by atoms with Crippen molar-refractivity contribution >= 4 is 5.91 Å². The molecular weight excluding hydrogens is 358 g/mol. The molecule has 86 valence electrons. The Morgan fingerprint density at radius 3 is 1.73 bits per heavy atom. The van der Waals surface area contributed by atoms with E-state index in [1.807, 2.05) is 41.5 Å². The molecule has 0 aliphatic rings. The zero-order valence-electron chi connectivity index (χ0n) is 10.5. The summed E-state index contributed by atoms with van der Waals surface area (Å²) in [5.74, 6) is -0.0539. The third-order valence-electron chi connectivity index (χ3n) is 2.12. The van der Waals surface area contributed by atoms with Gasteiger partial charge in [0, 0.05) is 21.1 Å². The third-order valence-corrected chi connectivity index (χ3v) is 2.12. The monoisotopic (exact) mass is 378 g/mol. The summed E-state index contributed by atoms with van der Waals surface area (Å²) in [5, 5.41) is 4.10. The maximum atomic E-state index is 11.2. The number of amides is 1. The average molecular weight is 378 g/mol. The Bertz CT molecular complexity index is 282. The van der Waals surface area contributed by atoms with Crippen molar-refractivity contribution in [2.24, 2.45) is 0 Å². The fraction of sp³-hybridized carbons (Fsp3) is 0.583. The Balaban J connectivity index is 0. The van der Waals surface area contributed by atoms with E-state index in [9.17, 15) is 4.79 Å². The van der Waals surface area contributed by atoms with Gasteiger partial charge < -0.3 is 10.1 Å². The largest absolute Gasteiger partial charge is 0.627 e. The Labute approximate surface area is 107 Å². The predicted octanol–water partition coefficient (Wildman–Crippen LogP) is 3.94. The van der Waals surface area contributed by atoms with Gasteiger partial charge in [0.1, 0.15) is 0 Å². The molecule has 0 unspecified atom stereocenters. The van der Waals surface area contributed by atoms with Crippen LogP contribution in [0.25, 0.3) is 5.32 Å². The van der Waals surface area contributed by atoms with Crippen LogP contribution in [0.2, 0.25) is 0 Å². The minimum Gasteiger partial charge on any atom is -0.627 e. The summed E-state index contributed by atoms with van der Waals surface area (Å²) in [5.41, 5.74) is 4.24. The third kappa shape index (κ3) is 5.94. The topological polar surface area (TPSA) is 31.2 Å². The van der Waals surface area contributed by atoms with Crippen molar-refractivity contribution in [1.82, 2.24) is 0 Å². The standard InChI is InChI=1S/C12H21NO.W/c1-7-11(14)13-12(9(4)5)10(6)8(2)3;/h7H2,1-6H3,(H,13,14);/p-1. The van der Waals surface area contributed by atoms with E-state index in [0.717, 1.165) is 16.8 Å². The molecule has 0 spiro atoms. The first-order valence-corrected chi connectivity index (χ1v) is 4.96. The second kappa shape index (κ2) is 7.87. The molecule has 0 heterocycles. The minimum absolute atomic E-state index is 0. The summed E-state index contributed by atoms with van der Waals surface area (Å²) in [6.07, 6.45) is 0.465. The molecule has 3 heteroatoms. The van der Waals surface area contributed by atoms with Gasteiger partial charge in [-0.05, 0) is 41.0 Å². The number of allylic oxidation sites excluding steroid dienone is 3. The van der Waals surface area contributed by atoms with E-state index >= 15 is 0 Å². The van der Waals surface area contributed by atoms with Crippen LogP contribution in [0.1, 0.15) is 48.0 Å². The zero-order chi connectivity index (χ0) is 11.3. The van der Waals surface area contributed by atoms with E-state index in [1.54, 1.807) is 0 Å². The van der Waals surface area contributed by atoms with Gasteiger partial charge in [-0.3, -0.25) is 0 Å².